The summed E-state index contributed by atoms with van der Waals surface area (Å²) in [5, 5.41) is 3.60. The molecular formula is C18H20N4OS. The van der Waals surface area contributed by atoms with Crippen LogP contribution < -0.4 is 5.32 Å². The molecule has 0 bridgehead atoms. The molecule has 0 aliphatic carbocycles. The lowest BCUT2D eigenvalue weighted by molar-refractivity contribution is 0.102. The van der Waals surface area contributed by atoms with E-state index >= 15 is 0 Å². The van der Waals surface area contributed by atoms with E-state index in [1.165, 1.54) is 4.88 Å². The van der Waals surface area contributed by atoms with Crippen LogP contribution in [-0.4, -0.2) is 20.4 Å². The Morgan fingerprint density at radius 2 is 2.21 bits per heavy atom. The Morgan fingerprint density at radius 3 is 2.92 bits per heavy atom. The standard InChI is InChI=1S/C18H20N4OS/c1-3-6-15-16(4-2)24-18(20-15)21-17(23)13-7-5-8-14(11-13)22-10-9-19-12-22/h5,7-12H,3-4,6H2,1-2H3,(H,20,21,23). The average molecular weight is 340 g/mol. The van der Waals surface area contributed by atoms with Gasteiger partial charge in [0.1, 0.15) is 0 Å². The molecule has 3 rings (SSSR count). The fourth-order valence-corrected chi connectivity index (χ4v) is 3.48. The summed E-state index contributed by atoms with van der Waals surface area (Å²) in [5.74, 6) is -0.142. The number of anilines is 1. The molecule has 0 saturated carbocycles. The van der Waals surface area contributed by atoms with Crippen LogP contribution in [0.5, 0.6) is 0 Å². The van der Waals surface area contributed by atoms with Crippen LogP contribution in [0.2, 0.25) is 0 Å². The van der Waals surface area contributed by atoms with Crippen molar-refractivity contribution in [2.45, 2.75) is 33.1 Å². The van der Waals surface area contributed by atoms with Gasteiger partial charge in [-0.15, -0.1) is 11.3 Å². The highest BCUT2D eigenvalue weighted by Gasteiger charge is 2.13. The molecule has 1 amide bonds. The van der Waals surface area contributed by atoms with Crippen molar-refractivity contribution in [1.82, 2.24) is 14.5 Å². The Kier molecular flexibility index (Phi) is 5.05. The molecule has 1 aromatic carbocycles. The van der Waals surface area contributed by atoms with Crippen molar-refractivity contribution in [2.24, 2.45) is 0 Å². The number of amides is 1. The lowest BCUT2D eigenvalue weighted by Gasteiger charge is -2.05. The quantitative estimate of drug-likeness (QED) is 0.735. The summed E-state index contributed by atoms with van der Waals surface area (Å²) in [5.41, 5.74) is 2.61. The van der Waals surface area contributed by atoms with Gasteiger partial charge in [-0.1, -0.05) is 26.3 Å². The number of carbonyl (C=O) groups is 1. The summed E-state index contributed by atoms with van der Waals surface area (Å²) in [6, 6.07) is 7.46. The molecule has 5 nitrogen and oxygen atoms in total. The van der Waals surface area contributed by atoms with Gasteiger partial charge in [0.15, 0.2) is 5.13 Å². The molecule has 3 aromatic rings. The van der Waals surface area contributed by atoms with Crippen LogP contribution in [0.4, 0.5) is 5.13 Å². The van der Waals surface area contributed by atoms with E-state index in [0.29, 0.717) is 10.7 Å². The molecule has 1 N–H and O–H groups in total. The van der Waals surface area contributed by atoms with Gasteiger partial charge < -0.3 is 4.57 Å². The zero-order valence-corrected chi connectivity index (χ0v) is 14.6. The Balaban J connectivity index is 1.79. The third-order valence-electron chi connectivity index (χ3n) is 3.72. The summed E-state index contributed by atoms with van der Waals surface area (Å²) in [7, 11) is 0. The van der Waals surface area contributed by atoms with Crippen molar-refractivity contribution >= 4 is 22.4 Å². The average Bonchev–Trinajstić information content (AvgIpc) is 3.25. The highest BCUT2D eigenvalue weighted by Crippen LogP contribution is 2.25. The van der Waals surface area contributed by atoms with Gasteiger partial charge in [-0.2, -0.15) is 0 Å². The van der Waals surface area contributed by atoms with Gasteiger partial charge in [0.2, 0.25) is 0 Å². The number of thiazole rings is 1. The first kappa shape index (κ1) is 16.4. The molecule has 2 aromatic heterocycles. The molecular weight excluding hydrogens is 320 g/mol. The van der Waals surface area contributed by atoms with Gasteiger partial charge in [-0.3, -0.25) is 10.1 Å². The Morgan fingerprint density at radius 1 is 1.33 bits per heavy atom. The lowest BCUT2D eigenvalue weighted by Crippen LogP contribution is -2.12. The van der Waals surface area contributed by atoms with Crippen LogP contribution in [0.15, 0.2) is 43.0 Å². The number of hydrogen-bond acceptors (Lipinski definition) is 4. The Hall–Kier alpha value is -2.47. The second-order valence-electron chi connectivity index (χ2n) is 5.47. The molecule has 0 unspecified atom stereocenters. The molecule has 0 saturated heterocycles. The van der Waals surface area contributed by atoms with Crippen molar-refractivity contribution in [1.29, 1.82) is 0 Å². The Bertz CT molecular complexity index is 823. The summed E-state index contributed by atoms with van der Waals surface area (Å²) in [6.45, 7) is 4.26. The third-order valence-corrected chi connectivity index (χ3v) is 4.87. The van der Waals surface area contributed by atoms with Crippen LogP contribution >= 0.6 is 11.3 Å². The number of imidazole rings is 1. The molecule has 124 valence electrons. The number of hydrogen-bond donors (Lipinski definition) is 1. The van der Waals surface area contributed by atoms with Crippen LogP contribution in [0, 0.1) is 0 Å². The van der Waals surface area contributed by atoms with E-state index in [1.807, 2.05) is 29.0 Å². The first-order chi connectivity index (χ1) is 11.7. The van der Waals surface area contributed by atoms with E-state index in [-0.39, 0.29) is 5.91 Å². The highest BCUT2D eigenvalue weighted by atomic mass is 32.1. The van der Waals surface area contributed by atoms with Crippen molar-refractivity contribution < 1.29 is 4.79 Å². The number of aryl methyl sites for hydroxylation is 2. The fraction of sp³-hybridized carbons (Fsp3) is 0.278. The number of rotatable bonds is 6. The number of nitrogens with zero attached hydrogens (tertiary/aromatic N) is 3. The summed E-state index contributed by atoms with van der Waals surface area (Å²) in [6.07, 6.45) is 8.22. The van der Waals surface area contributed by atoms with Crippen molar-refractivity contribution in [2.75, 3.05) is 5.32 Å². The highest BCUT2D eigenvalue weighted by molar-refractivity contribution is 7.15. The van der Waals surface area contributed by atoms with Gasteiger partial charge in [-0.25, -0.2) is 9.97 Å². The molecule has 24 heavy (non-hydrogen) atoms. The molecule has 0 radical (unpaired) electrons. The maximum atomic E-state index is 12.5. The predicted molar refractivity (Wildman–Crippen MR) is 97.0 cm³/mol. The molecule has 0 aliphatic rings. The van der Waals surface area contributed by atoms with E-state index in [4.69, 9.17) is 0 Å². The fourth-order valence-electron chi connectivity index (χ4n) is 2.53. The zero-order valence-electron chi connectivity index (χ0n) is 13.8. The molecule has 6 heteroatoms. The molecule has 0 fully saturated rings. The van der Waals surface area contributed by atoms with Crippen LogP contribution in [0.25, 0.3) is 5.69 Å². The Labute approximate surface area is 145 Å². The van der Waals surface area contributed by atoms with Crippen molar-refractivity contribution in [3.63, 3.8) is 0 Å². The SMILES string of the molecule is CCCc1nc(NC(=O)c2cccc(-n3ccnc3)c2)sc1CC. The monoisotopic (exact) mass is 340 g/mol. The van der Waals surface area contributed by atoms with E-state index in [2.05, 4.69) is 29.1 Å². The molecule has 0 atom stereocenters. The van der Waals surface area contributed by atoms with Crippen molar-refractivity contribution in [3.05, 3.63) is 59.1 Å². The van der Waals surface area contributed by atoms with Gasteiger partial charge in [0, 0.05) is 28.5 Å². The number of nitrogens with one attached hydrogen (secondary N) is 1. The molecule has 0 aliphatic heterocycles. The van der Waals surface area contributed by atoms with Crippen LogP contribution in [-0.2, 0) is 12.8 Å². The largest absolute Gasteiger partial charge is 0.306 e. The summed E-state index contributed by atoms with van der Waals surface area (Å²) < 4.78 is 1.87. The maximum absolute atomic E-state index is 12.5. The first-order valence-corrected chi connectivity index (χ1v) is 8.91. The minimum Gasteiger partial charge on any atom is -0.306 e. The van der Waals surface area contributed by atoms with Crippen LogP contribution in [0.3, 0.4) is 0 Å². The van der Waals surface area contributed by atoms with E-state index < -0.39 is 0 Å². The minimum atomic E-state index is -0.142. The van der Waals surface area contributed by atoms with Gasteiger partial charge in [0.05, 0.1) is 12.0 Å². The van der Waals surface area contributed by atoms with E-state index in [0.717, 1.165) is 30.6 Å². The smallest absolute Gasteiger partial charge is 0.257 e. The van der Waals surface area contributed by atoms with Gasteiger partial charge in [-0.05, 0) is 31.0 Å². The molecule has 2 heterocycles. The second-order valence-corrected chi connectivity index (χ2v) is 6.55. The first-order valence-electron chi connectivity index (χ1n) is 8.09. The number of carbonyl (C=O) groups excluding carboxylic acids is 1. The van der Waals surface area contributed by atoms with Crippen molar-refractivity contribution in [3.8, 4) is 5.69 Å². The third kappa shape index (κ3) is 3.54. The molecule has 0 spiro atoms. The zero-order chi connectivity index (χ0) is 16.9. The van der Waals surface area contributed by atoms with Crippen LogP contribution in [0.1, 0.15) is 41.2 Å². The topological polar surface area (TPSA) is 59.8 Å². The minimum absolute atomic E-state index is 0.142. The second kappa shape index (κ2) is 7.40. The van der Waals surface area contributed by atoms with E-state index in [9.17, 15) is 4.79 Å². The number of benzene rings is 1. The van der Waals surface area contributed by atoms with E-state index in [1.54, 1.807) is 29.9 Å². The maximum Gasteiger partial charge on any atom is 0.257 e. The number of aromatic nitrogens is 3. The summed E-state index contributed by atoms with van der Waals surface area (Å²) in [4.78, 5) is 22.4. The summed E-state index contributed by atoms with van der Waals surface area (Å²) >= 11 is 1.57. The predicted octanol–water partition coefficient (Wildman–Crippen LogP) is 4.10. The lowest BCUT2D eigenvalue weighted by atomic mass is 10.2. The van der Waals surface area contributed by atoms with Gasteiger partial charge >= 0.3 is 0 Å². The normalized spacial score (nSPS) is 10.8. The van der Waals surface area contributed by atoms with Gasteiger partial charge in [0.25, 0.3) is 5.91 Å².